The average Bonchev–Trinajstić information content (AvgIpc) is 2.88. The Morgan fingerprint density at radius 1 is 1.48 bits per heavy atom. The van der Waals surface area contributed by atoms with Crippen molar-refractivity contribution in [3.63, 3.8) is 0 Å². The van der Waals surface area contributed by atoms with E-state index >= 15 is 0 Å². The maximum absolute atomic E-state index is 12.0. The number of piperidine rings is 1. The smallest absolute Gasteiger partial charge is 0.410 e. The lowest BCUT2D eigenvalue weighted by Crippen LogP contribution is -2.52. The van der Waals surface area contributed by atoms with Crippen molar-refractivity contribution >= 4 is 17.4 Å². The van der Waals surface area contributed by atoms with Crippen molar-refractivity contribution in [2.75, 3.05) is 13.1 Å². The molecule has 0 aromatic carbocycles. The molecule has 21 heavy (non-hydrogen) atoms. The van der Waals surface area contributed by atoms with Gasteiger partial charge in [-0.3, -0.25) is 4.98 Å². The van der Waals surface area contributed by atoms with Gasteiger partial charge in [-0.05, 0) is 40.5 Å². The summed E-state index contributed by atoms with van der Waals surface area (Å²) in [6.45, 7) is 10.2. The number of rotatable bonds is 3. The van der Waals surface area contributed by atoms with Crippen molar-refractivity contribution in [2.24, 2.45) is 0 Å². The monoisotopic (exact) mass is 311 g/mol. The van der Waals surface area contributed by atoms with Crippen molar-refractivity contribution in [3.05, 3.63) is 16.6 Å². The van der Waals surface area contributed by atoms with E-state index in [1.54, 1.807) is 16.2 Å². The Morgan fingerprint density at radius 3 is 2.67 bits per heavy atom. The number of carbonyl (C=O) groups excluding carboxylic acids is 1. The van der Waals surface area contributed by atoms with Crippen LogP contribution in [-0.2, 0) is 11.3 Å². The Bertz CT molecular complexity index is 460. The molecule has 0 bridgehead atoms. The minimum atomic E-state index is -0.428. The molecular weight excluding hydrogens is 286 g/mol. The van der Waals surface area contributed by atoms with Gasteiger partial charge >= 0.3 is 6.09 Å². The Kier molecular flexibility index (Phi) is 4.88. The summed E-state index contributed by atoms with van der Waals surface area (Å²) in [6, 6.07) is 0. The number of aromatic nitrogens is 1. The molecule has 0 radical (unpaired) electrons. The second kappa shape index (κ2) is 6.32. The number of amides is 1. The van der Waals surface area contributed by atoms with Crippen LogP contribution in [0.2, 0.25) is 0 Å². The minimum absolute atomic E-state index is 0.0719. The number of likely N-dealkylation sites (tertiary alicyclic amines) is 1. The van der Waals surface area contributed by atoms with Gasteiger partial charge in [0.05, 0.1) is 5.51 Å². The van der Waals surface area contributed by atoms with Gasteiger partial charge < -0.3 is 15.0 Å². The molecule has 0 atom stereocenters. The minimum Gasteiger partial charge on any atom is -0.444 e. The van der Waals surface area contributed by atoms with Crippen LogP contribution < -0.4 is 5.32 Å². The molecule has 1 N–H and O–H groups in total. The normalized spacial score (nSPS) is 18.6. The van der Waals surface area contributed by atoms with Gasteiger partial charge in [0, 0.05) is 36.2 Å². The molecule has 1 aliphatic rings. The van der Waals surface area contributed by atoms with Crippen molar-refractivity contribution in [3.8, 4) is 0 Å². The molecule has 0 spiro atoms. The first-order valence-electron chi connectivity index (χ1n) is 7.38. The third kappa shape index (κ3) is 4.97. The Hall–Kier alpha value is -1.14. The van der Waals surface area contributed by atoms with Gasteiger partial charge in [-0.25, -0.2) is 4.79 Å². The van der Waals surface area contributed by atoms with Crippen LogP contribution in [0.4, 0.5) is 4.79 Å². The molecule has 1 amide bonds. The predicted octanol–water partition coefficient (Wildman–Crippen LogP) is 3.02. The van der Waals surface area contributed by atoms with E-state index < -0.39 is 5.60 Å². The maximum Gasteiger partial charge on any atom is 0.410 e. The number of thiazole rings is 1. The Morgan fingerprint density at radius 2 is 2.14 bits per heavy atom. The number of nitrogens with one attached hydrogen (secondary N) is 1. The van der Waals surface area contributed by atoms with Gasteiger partial charge in [0.15, 0.2) is 0 Å². The molecule has 0 saturated carbocycles. The molecule has 0 unspecified atom stereocenters. The largest absolute Gasteiger partial charge is 0.444 e. The second-order valence-electron chi connectivity index (χ2n) is 6.85. The molecule has 0 aliphatic carbocycles. The van der Waals surface area contributed by atoms with Crippen molar-refractivity contribution in [1.82, 2.24) is 15.2 Å². The summed E-state index contributed by atoms with van der Waals surface area (Å²) in [5.41, 5.74) is 1.50. The fourth-order valence-corrected chi connectivity index (χ4v) is 2.85. The fraction of sp³-hybridized carbons (Fsp3) is 0.733. The van der Waals surface area contributed by atoms with E-state index in [-0.39, 0.29) is 11.6 Å². The highest BCUT2D eigenvalue weighted by Gasteiger charge is 2.33. The quantitative estimate of drug-likeness (QED) is 0.932. The molecule has 1 aliphatic heterocycles. The van der Waals surface area contributed by atoms with E-state index in [4.69, 9.17) is 4.74 Å². The summed E-state index contributed by atoms with van der Waals surface area (Å²) >= 11 is 1.66. The van der Waals surface area contributed by atoms with Crippen LogP contribution in [0.1, 0.15) is 45.4 Å². The van der Waals surface area contributed by atoms with Crippen LogP contribution in [0.25, 0.3) is 0 Å². The van der Waals surface area contributed by atoms with Crippen LogP contribution in [0, 0.1) is 0 Å². The Balaban J connectivity index is 1.80. The van der Waals surface area contributed by atoms with E-state index in [2.05, 4.69) is 17.2 Å². The summed E-state index contributed by atoms with van der Waals surface area (Å²) in [6.07, 6.45) is 3.57. The predicted molar refractivity (Wildman–Crippen MR) is 84.4 cm³/mol. The third-order valence-corrected chi connectivity index (χ3v) is 4.47. The fourth-order valence-electron chi connectivity index (χ4n) is 2.32. The molecule has 6 heteroatoms. The molecule has 1 saturated heterocycles. The lowest BCUT2D eigenvalue weighted by atomic mass is 9.90. The summed E-state index contributed by atoms with van der Waals surface area (Å²) in [5.74, 6) is 0. The summed E-state index contributed by atoms with van der Waals surface area (Å²) in [7, 11) is 0. The van der Waals surface area contributed by atoms with E-state index in [0.717, 1.165) is 32.5 Å². The van der Waals surface area contributed by atoms with Gasteiger partial charge in [-0.1, -0.05) is 0 Å². The average molecular weight is 311 g/mol. The molecule has 118 valence electrons. The zero-order chi connectivity index (χ0) is 15.5. The maximum atomic E-state index is 12.0. The van der Waals surface area contributed by atoms with Gasteiger partial charge in [-0.15, -0.1) is 11.3 Å². The number of nitrogens with zero attached hydrogens (tertiary/aromatic N) is 2. The standard InChI is InChI=1S/C15H25N3O2S/c1-14(2,3)20-13(19)18-7-5-15(4,6-8-18)17-10-12-9-16-11-21-12/h9,11,17H,5-8,10H2,1-4H3. The summed E-state index contributed by atoms with van der Waals surface area (Å²) in [4.78, 5) is 19.2. The highest BCUT2D eigenvalue weighted by molar-refractivity contribution is 7.09. The zero-order valence-electron chi connectivity index (χ0n) is 13.3. The van der Waals surface area contributed by atoms with Crippen LogP contribution in [0.15, 0.2) is 11.7 Å². The lowest BCUT2D eigenvalue weighted by Gasteiger charge is -2.40. The van der Waals surface area contributed by atoms with Crippen molar-refractivity contribution < 1.29 is 9.53 Å². The van der Waals surface area contributed by atoms with Crippen LogP contribution >= 0.6 is 11.3 Å². The number of hydrogen-bond donors (Lipinski definition) is 1. The molecule has 1 aromatic rings. The molecule has 5 nitrogen and oxygen atoms in total. The SMILES string of the molecule is CC1(NCc2cncs2)CCN(C(=O)OC(C)(C)C)CC1. The highest BCUT2D eigenvalue weighted by Crippen LogP contribution is 2.24. The zero-order valence-corrected chi connectivity index (χ0v) is 14.1. The van der Waals surface area contributed by atoms with E-state index in [1.807, 2.05) is 32.5 Å². The first kappa shape index (κ1) is 16.2. The summed E-state index contributed by atoms with van der Waals surface area (Å²) < 4.78 is 5.42. The van der Waals surface area contributed by atoms with E-state index in [9.17, 15) is 4.79 Å². The summed E-state index contributed by atoms with van der Waals surface area (Å²) in [5, 5.41) is 3.60. The topological polar surface area (TPSA) is 54.5 Å². The first-order valence-corrected chi connectivity index (χ1v) is 8.26. The van der Waals surface area contributed by atoms with Crippen molar-refractivity contribution in [1.29, 1.82) is 0 Å². The van der Waals surface area contributed by atoms with Gasteiger partial charge in [0.25, 0.3) is 0 Å². The molecule has 1 fully saturated rings. The van der Waals surface area contributed by atoms with Crippen LogP contribution in [-0.4, -0.2) is 40.2 Å². The third-order valence-electron chi connectivity index (χ3n) is 3.69. The van der Waals surface area contributed by atoms with E-state index in [0.29, 0.717) is 0 Å². The number of ether oxygens (including phenoxy) is 1. The first-order chi connectivity index (χ1) is 9.77. The molecular formula is C15H25N3O2S. The van der Waals surface area contributed by atoms with Crippen LogP contribution in [0.5, 0.6) is 0 Å². The number of hydrogen-bond acceptors (Lipinski definition) is 5. The number of carbonyl (C=O) groups is 1. The van der Waals surface area contributed by atoms with Gasteiger partial charge in [0.2, 0.25) is 0 Å². The lowest BCUT2D eigenvalue weighted by molar-refractivity contribution is 0.0157. The van der Waals surface area contributed by atoms with Crippen molar-refractivity contribution in [2.45, 2.75) is 58.2 Å². The van der Waals surface area contributed by atoms with Crippen LogP contribution in [0.3, 0.4) is 0 Å². The molecule has 2 heterocycles. The molecule has 1 aromatic heterocycles. The highest BCUT2D eigenvalue weighted by atomic mass is 32.1. The van der Waals surface area contributed by atoms with Gasteiger partial charge in [0.1, 0.15) is 5.60 Å². The van der Waals surface area contributed by atoms with E-state index in [1.165, 1.54) is 4.88 Å². The Labute approximate surface area is 130 Å². The molecule has 2 rings (SSSR count). The second-order valence-corrected chi connectivity index (χ2v) is 7.82. The van der Waals surface area contributed by atoms with Gasteiger partial charge in [-0.2, -0.15) is 0 Å².